The summed E-state index contributed by atoms with van der Waals surface area (Å²) in [5.74, 6) is -4.32. The van der Waals surface area contributed by atoms with E-state index in [1.54, 1.807) is 0 Å². The number of sulfonamides is 1. The maximum atomic E-state index is 13.8. The van der Waals surface area contributed by atoms with Crippen LogP contribution in [0.25, 0.3) is 0 Å². The van der Waals surface area contributed by atoms with Gasteiger partial charge in [-0.1, -0.05) is 6.07 Å². The molecule has 3 rings (SSSR count). The van der Waals surface area contributed by atoms with Gasteiger partial charge >= 0.3 is 18.3 Å². The molecule has 1 aliphatic rings. The van der Waals surface area contributed by atoms with Crippen LogP contribution < -0.4 is 21.1 Å². The number of benzene rings is 2. The number of anilines is 1. The Labute approximate surface area is 252 Å². The van der Waals surface area contributed by atoms with Crippen LogP contribution in [0.15, 0.2) is 47.4 Å². The lowest BCUT2D eigenvalue weighted by molar-refractivity contribution is -0.192. The summed E-state index contributed by atoms with van der Waals surface area (Å²) in [6, 6.07) is 7.76. The summed E-state index contributed by atoms with van der Waals surface area (Å²) in [5, 5.41) is 19.4. The Bertz CT molecular complexity index is 1490. The van der Waals surface area contributed by atoms with Crippen molar-refractivity contribution in [2.75, 3.05) is 18.5 Å². The molecule has 19 heteroatoms. The Hall–Kier alpha value is -4.23. The van der Waals surface area contributed by atoms with Gasteiger partial charge in [0.1, 0.15) is 12.3 Å². The third-order valence-electron chi connectivity index (χ3n) is 6.04. The van der Waals surface area contributed by atoms with Gasteiger partial charge in [-0.3, -0.25) is 15.0 Å². The lowest BCUT2D eigenvalue weighted by Crippen LogP contribution is -2.33. The van der Waals surface area contributed by atoms with Crippen LogP contribution in [0, 0.1) is 5.41 Å². The third kappa shape index (κ3) is 11.7. The van der Waals surface area contributed by atoms with Crippen molar-refractivity contribution >= 4 is 39.3 Å². The van der Waals surface area contributed by atoms with Gasteiger partial charge in [-0.2, -0.15) is 26.3 Å². The van der Waals surface area contributed by atoms with Gasteiger partial charge in [0.05, 0.1) is 22.6 Å². The second-order valence-electron chi connectivity index (χ2n) is 9.55. The van der Waals surface area contributed by atoms with Crippen molar-refractivity contribution in [3.63, 3.8) is 0 Å². The largest absolute Gasteiger partial charge is 0.490 e. The van der Waals surface area contributed by atoms with Crippen LogP contribution in [0.3, 0.4) is 0 Å². The van der Waals surface area contributed by atoms with Crippen molar-refractivity contribution in [3.05, 3.63) is 59.2 Å². The molecule has 0 spiro atoms. The molecule has 248 valence electrons. The Balaban J connectivity index is 0.000000900. The number of amidine groups is 1. The summed E-state index contributed by atoms with van der Waals surface area (Å²) in [5.41, 5.74) is 4.81. The fourth-order valence-electron chi connectivity index (χ4n) is 3.82. The highest BCUT2D eigenvalue weighted by molar-refractivity contribution is 7.89. The number of amides is 2. The molecular weight excluding hydrogens is 640 g/mol. The number of ether oxygens (including phenoxy) is 1. The van der Waals surface area contributed by atoms with E-state index in [2.05, 4.69) is 15.4 Å². The molecule has 2 aromatic carbocycles. The normalized spacial score (nSPS) is 15.8. The average molecular weight is 670 g/mol. The number of nitrogens with two attached hydrogens (primary N) is 1. The average Bonchev–Trinajstić information content (AvgIpc) is 3.45. The number of nitrogens with one attached hydrogen (secondary N) is 4. The number of carboxylic acids is 1. The lowest BCUT2D eigenvalue weighted by atomic mass is 10.0. The highest BCUT2D eigenvalue weighted by Gasteiger charge is 2.39. The second-order valence-corrected chi connectivity index (χ2v) is 11.3. The SMILES string of the molecule is CC(NC(=O)CC(=O)Nc1ccc(C(=N)N)cc1)c1ccc(S(=O)(=O)NCC2CCCO2)c(C(F)(F)F)c1.O=C(O)C(F)(F)F. The number of carboxylic acid groups (broad SMARTS) is 1. The molecule has 1 saturated heterocycles. The summed E-state index contributed by atoms with van der Waals surface area (Å²) in [6.45, 7) is 1.74. The number of alkyl halides is 6. The van der Waals surface area contributed by atoms with Crippen molar-refractivity contribution in [2.24, 2.45) is 5.73 Å². The van der Waals surface area contributed by atoms with Gasteiger partial charge in [0.25, 0.3) is 0 Å². The second kappa shape index (κ2) is 15.2. The number of carbonyl (C=O) groups excluding carboxylic acids is 2. The monoisotopic (exact) mass is 669 g/mol. The zero-order chi connectivity index (χ0) is 34.2. The first kappa shape index (κ1) is 37.0. The van der Waals surface area contributed by atoms with E-state index in [1.165, 1.54) is 37.3 Å². The van der Waals surface area contributed by atoms with Gasteiger partial charge in [0.15, 0.2) is 0 Å². The Morgan fingerprint density at radius 1 is 1.07 bits per heavy atom. The van der Waals surface area contributed by atoms with E-state index in [-0.39, 0.29) is 17.9 Å². The molecule has 2 aromatic rings. The summed E-state index contributed by atoms with van der Waals surface area (Å²) in [7, 11) is -4.49. The molecule has 1 heterocycles. The van der Waals surface area contributed by atoms with Gasteiger partial charge in [-0.25, -0.2) is 17.9 Å². The zero-order valence-corrected chi connectivity index (χ0v) is 24.2. The number of aliphatic carboxylic acids is 1. The fourth-order valence-corrected chi connectivity index (χ4v) is 5.09. The predicted octanol–water partition coefficient (Wildman–Crippen LogP) is 3.29. The van der Waals surface area contributed by atoms with Gasteiger partial charge in [0, 0.05) is 24.4 Å². The number of carbonyl (C=O) groups is 3. The zero-order valence-electron chi connectivity index (χ0n) is 23.4. The van der Waals surface area contributed by atoms with Crippen LogP contribution in [0.2, 0.25) is 0 Å². The quantitative estimate of drug-likeness (QED) is 0.0958. The van der Waals surface area contributed by atoms with Crippen molar-refractivity contribution in [3.8, 4) is 0 Å². The maximum Gasteiger partial charge on any atom is 0.490 e. The molecule has 2 amide bonds. The molecule has 45 heavy (non-hydrogen) atoms. The topological polar surface area (TPSA) is 201 Å². The highest BCUT2D eigenvalue weighted by Crippen LogP contribution is 2.36. The molecule has 0 aromatic heterocycles. The molecule has 2 unspecified atom stereocenters. The van der Waals surface area contributed by atoms with E-state index in [0.29, 0.717) is 30.3 Å². The van der Waals surface area contributed by atoms with Gasteiger partial charge < -0.3 is 26.2 Å². The Morgan fingerprint density at radius 3 is 2.16 bits per heavy atom. The molecule has 1 aliphatic heterocycles. The van der Waals surface area contributed by atoms with Gasteiger partial charge in [0.2, 0.25) is 21.8 Å². The van der Waals surface area contributed by atoms with Crippen LogP contribution in [0.5, 0.6) is 0 Å². The Kier molecular flexibility index (Phi) is 12.5. The molecular formula is C26H29F6N5O7S. The minimum atomic E-state index is -5.08. The summed E-state index contributed by atoms with van der Waals surface area (Å²) in [4.78, 5) is 32.5. The number of hydrogen-bond acceptors (Lipinski definition) is 7. The number of nitrogen functional groups attached to an aromatic ring is 1. The fraction of sp³-hybridized carbons (Fsp3) is 0.385. The van der Waals surface area contributed by atoms with Crippen LogP contribution in [0.4, 0.5) is 32.0 Å². The summed E-state index contributed by atoms with van der Waals surface area (Å²) >= 11 is 0. The van der Waals surface area contributed by atoms with E-state index >= 15 is 0 Å². The van der Waals surface area contributed by atoms with Crippen molar-refractivity contribution in [2.45, 2.75) is 55.6 Å². The minimum Gasteiger partial charge on any atom is -0.475 e. The van der Waals surface area contributed by atoms with Crippen molar-refractivity contribution < 1.29 is 59.0 Å². The maximum absolute atomic E-state index is 13.8. The Morgan fingerprint density at radius 2 is 1.67 bits per heavy atom. The highest BCUT2D eigenvalue weighted by atomic mass is 32.2. The first-order valence-corrected chi connectivity index (χ1v) is 14.3. The molecule has 0 aliphatic carbocycles. The van der Waals surface area contributed by atoms with E-state index in [4.69, 9.17) is 25.8 Å². The van der Waals surface area contributed by atoms with E-state index in [1.807, 2.05) is 0 Å². The molecule has 7 N–H and O–H groups in total. The molecule has 1 fully saturated rings. The van der Waals surface area contributed by atoms with Crippen molar-refractivity contribution in [1.82, 2.24) is 10.0 Å². The van der Waals surface area contributed by atoms with E-state index in [9.17, 15) is 44.3 Å². The van der Waals surface area contributed by atoms with Crippen LogP contribution in [-0.4, -0.2) is 62.6 Å². The summed E-state index contributed by atoms with van der Waals surface area (Å²) < 4.78 is 106. The van der Waals surface area contributed by atoms with Crippen LogP contribution in [0.1, 0.15) is 48.9 Å². The molecule has 0 saturated carbocycles. The molecule has 0 radical (unpaired) electrons. The minimum absolute atomic E-state index is 0.00369. The third-order valence-corrected chi connectivity index (χ3v) is 7.53. The van der Waals surface area contributed by atoms with Gasteiger partial charge in [-0.15, -0.1) is 0 Å². The van der Waals surface area contributed by atoms with Crippen LogP contribution in [-0.2, 0) is 35.3 Å². The van der Waals surface area contributed by atoms with E-state index in [0.717, 1.165) is 12.5 Å². The number of rotatable bonds is 10. The molecule has 0 bridgehead atoms. The lowest BCUT2D eigenvalue weighted by Gasteiger charge is -2.19. The molecule has 12 nitrogen and oxygen atoms in total. The predicted molar refractivity (Wildman–Crippen MR) is 147 cm³/mol. The smallest absolute Gasteiger partial charge is 0.475 e. The van der Waals surface area contributed by atoms with Crippen LogP contribution >= 0.6 is 0 Å². The first-order valence-electron chi connectivity index (χ1n) is 12.9. The molecule has 2 atom stereocenters. The standard InChI is InChI=1S/C24H28F3N5O5S.C2HF3O2/c1-14(31-21(33)12-22(34)32-17-7-4-15(5-8-17)23(28)29)16-6-9-20(19(11-16)24(25,26)27)38(35,36)30-13-18-3-2-10-37-18;3-2(4,5)1(6)7/h4-9,11,14,18,30H,2-3,10,12-13H2,1H3,(H3,28,29)(H,31,33)(H,32,34);(H,6,7). The first-order chi connectivity index (χ1) is 20.7. The van der Waals surface area contributed by atoms with Gasteiger partial charge in [-0.05, 0) is 61.7 Å². The number of halogens is 6. The number of hydrogen-bond donors (Lipinski definition) is 6. The van der Waals surface area contributed by atoms with Crippen molar-refractivity contribution in [1.29, 1.82) is 5.41 Å². The van der Waals surface area contributed by atoms with E-state index < -0.39 is 69.2 Å². The summed E-state index contributed by atoms with van der Waals surface area (Å²) in [6.07, 6.45) is -9.72.